The lowest BCUT2D eigenvalue weighted by Gasteiger charge is -2.21. The molecule has 134 valence electrons. The molecule has 8 heteroatoms. The van der Waals surface area contributed by atoms with Crippen molar-refractivity contribution in [2.45, 2.75) is 0 Å². The number of nitrogens with one attached hydrogen (secondary N) is 2. The molecule has 0 bridgehead atoms. The molecule has 3 rings (SSSR count). The normalized spacial score (nSPS) is 13.0. The van der Waals surface area contributed by atoms with Crippen LogP contribution in [0.5, 0.6) is 23.0 Å². The van der Waals surface area contributed by atoms with Crippen molar-refractivity contribution in [1.82, 2.24) is 0 Å². The maximum atomic E-state index is 12.0. The molecule has 0 aliphatic carbocycles. The van der Waals surface area contributed by atoms with E-state index in [1.807, 2.05) is 0 Å². The summed E-state index contributed by atoms with van der Waals surface area (Å²) < 4.78 is 0. The quantitative estimate of drug-likeness (QED) is 0.389. The van der Waals surface area contributed by atoms with Gasteiger partial charge in [-0.1, -0.05) is 0 Å². The Morgan fingerprint density at radius 3 is 1.15 bits per heavy atom. The van der Waals surface area contributed by atoms with Crippen molar-refractivity contribution in [3.05, 3.63) is 83.2 Å². The Morgan fingerprint density at radius 2 is 0.846 bits per heavy atom. The van der Waals surface area contributed by atoms with Gasteiger partial charge in [0.05, 0.1) is 0 Å². The standard InChI is InChI=1S/C18H16N2O6/c21-15-5-1-13(2-6-15)19(23)25-17-9-11-18(12-10-17)26-20(24)14-3-7-16(22)8-4-14/h1-12,19-22H. The van der Waals surface area contributed by atoms with Gasteiger partial charge in [0.2, 0.25) is 0 Å². The molecule has 0 fully saturated rings. The van der Waals surface area contributed by atoms with Crippen LogP contribution in [-0.4, -0.2) is 10.2 Å². The third-order valence-corrected chi connectivity index (χ3v) is 3.45. The molecular weight excluding hydrogens is 340 g/mol. The molecule has 26 heavy (non-hydrogen) atoms. The molecule has 2 atom stereocenters. The minimum Gasteiger partial charge on any atom is -0.585 e. The van der Waals surface area contributed by atoms with Crippen LogP contribution in [0.15, 0.2) is 72.8 Å². The van der Waals surface area contributed by atoms with Crippen LogP contribution in [0, 0.1) is 10.4 Å². The van der Waals surface area contributed by atoms with Crippen molar-refractivity contribution < 1.29 is 30.3 Å². The highest BCUT2D eigenvalue weighted by Gasteiger charge is 2.09. The average Bonchev–Trinajstić information content (AvgIpc) is 2.64. The Labute approximate surface area is 148 Å². The molecule has 3 aromatic carbocycles. The van der Waals surface area contributed by atoms with Gasteiger partial charge in [-0.3, -0.25) is 0 Å². The number of benzene rings is 3. The number of phenols is 2. The van der Waals surface area contributed by atoms with E-state index in [9.17, 15) is 20.6 Å². The second-order valence-corrected chi connectivity index (χ2v) is 5.34. The smallest absolute Gasteiger partial charge is 0.191 e. The minimum absolute atomic E-state index is 0.0568. The topological polar surface area (TPSA) is 114 Å². The monoisotopic (exact) mass is 356 g/mol. The number of aromatic hydroxyl groups is 2. The van der Waals surface area contributed by atoms with E-state index in [4.69, 9.17) is 9.68 Å². The number of quaternary nitrogens is 2. The SMILES string of the molecule is [O-][NH+](Oc1ccc(O[NH+]([O-])c2ccc(O)cc2)cc1)c1ccc(O)cc1. The molecule has 0 amide bonds. The van der Waals surface area contributed by atoms with Crippen molar-refractivity contribution >= 4 is 11.4 Å². The number of hydrogen-bond donors (Lipinski definition) is 4. The van der Waals surface area contributed by atoms with Gasteiger partial charge in [-0.05, 0) is 48.5 Å². The maximum absolute atomic E-state index is 12.0. The van der Waals surface area contributed by atoms with Gasteiger partial charge in [0.1, 0.15) is 11.5 Å². The van der Waals surface area contributed by atoms with Gasteiger partial charge in [0, 0.05) is 24.3 Å². The van der Waals surface area contributed by atoms with Crippen LogP contribution in [0.3, 0.4) is 0 Å². The van der Waals surface area contributed by atoms with Gasteiger partial charge in [0.15, 0.2) is 22.9 Å². The molecule has 2 unspecified atom stereocenters. The van der Waals surface area contributed by atoms with Gasteiger partial charge in [-0.2, -0.15) is 0 Å². The molecule has 0 aliphatic rings. The molecule has 3 aromatic rings. The first-order valence-electron chi connectivity index (χ1n) is 7.64. The second-order valence-electron chi connectivity index (χ2n) is 5.34. The Hall–Kier alpha value is -3.30. The van der Waals surface area contributed by atoms with Crippen LogP contribution in [0.2, 0.25) is 0 Å². The third-order valence-electron chi connectivity index (χ3n) is 3.45. The summed E-state index contributed by atoms with van der Waals surface area (Å²) in [7, 11) is 0. The van der Waals surface area contributed by atoms with Gasteiger partial charge in [-0.15, -0.1) is 10.5 Å². The van der Waals surface area contributed by atoms with Crippen molar-refractivity contribution in [2.75, 3.05) is 0 Å². The van der Waals surface area contributed by atoms with E-state index in [1.54, 1.807) is 0 Å². The lowest BCUT2D eigenvalue weighted by molar-refractivity contribution is -0.963. The Balaban J connectivity index is 1.61. The molecular formula is C18H16N2O6. The van der Waals surface area contributed by atoms with E-state index < -0.39 is 10.5 Å². The summed E-state index contributed by atoms with van der Waals surface area (Å²) in [4.78, 5) is 10.4. The van der Waals surface area contributed by atoms with Crippen LogP contribution in [-0.2, 0) is 0 Å². The van der Waals surface area contributed by atoms with Crippen molar-refractivity contribution in [3.8, 4) is 23.0 Å². The minimum atomic E-state index is -0.571. The number of phenolic OH excluding ortho intramolecular Hbond substituents is 2. The fraction of sp³-hybridized carbons (Fsp3) is 0. The van der Waals surface area contributed by atoms with Crippen molar-refractivity contribution in [3.63, 3.8) is 0 Å². The molecule has 4 N–H and O–H groups in total. The van der Waals surface area contributed by atoms with Crippen LogP contribution in [0.25, 0.3) is 0 Å². The zero-order valence-electron chi connectivity index (χ0n) is 13.5. The van der Waals surface area contributed by atoms with Crippen LogP contribution >= 0.6 is 0 Å². The first-order valence-corrected chi connectivity index (χ1v) is 7.64. The van der Waals surface area contributed by atoms with Crippen LogP contribution in [0.1, 0.15) is 0 Å². The van der Waals surface area contributed by atoms with Crippen LogP contribution in [0.4, 0.5) is 11.4 Å². The largest absolute Gasteiger partial charge is 0.585 e. The van der Waals surface area contributed by atoms with Gasteiger partial charge in [-0.25, -0.2) is 0 Å². The molecule has 0 spiro atoms. The van der Waals surface area contributed by atoms with Crippen molar-refractivity contribution in [2.24, 2.45) is 0 Å². The highest BCUT2D eigenvalue weighted by atomic mass is 16.9. The lowest BCUT2D eigenvalue weighted by Crippen LogP contribution is -3.04. The second kappa shape index (κ2) is 7.72. The van der Waals surface area contributed by atoms with Gasteiger partial charge in [0.25, 0.3) is 0 Å². The van der Waals surface area contributed by atoms with E-state index in [-0.39, 0.29) is 23.0 Å². The predicted molar refractivity (Wildman–Crippen MR) is 91.9 cm³/mol. The van der Waals surface area contributed by atoms with Gasteiger partial charge < -0.3 is 30.3 Å². The van der Waals surface area contributed by atoms with Gasteiger partial charge >= 0.3 is 0 Å². The highest BCUT2D eigenvalue weighted by molar-refractivity contribution is 5.36. The van der Waals surface area contributed by atoms with E-state index in [0.717, 1.165) is 0 Å². The summed E-state index contributed by atoms with van der Waals surface area (Å²) in [6, 6.07) is 17.4. The third kappa shape index (κ3) is 4.41. The summed E-state index contributed by atoms with van der Waals surface area (Å²) >= 11 is 0. The van der Waals surface area contributed by atoms with E-state index in [1.165, 1.54) is 72.8 Å². The average molecular weight is 356 g/mol. The molecule has 8 nitrogen and oxygen atoms in total. The molecule has 0 heterocycles. The number of rotatable bonds is 6. The first-order chi connectivity index (χ1) is 12.5. The zero-order chi connectivity index (χ0) is 18.5. The molecule has 0 saturated heterocycles. The predicted octanol–water partition coefficient (Wildman–Crippen LogP) is 1.11. The first kappa shape index (κ1) is 17.5. The summed E-state index contributed by atoms with van der Waals surface area (Å²) in [6.07, 6.45) is 0. The fourth-order valence-electron chi connectivity index (χ4n) is 2.10. The summed E-state index contributed by atoms with van der Waals surface area (Å²) in [5.41, 5.74) is 0.594. The summed E-state index contributed by atoms with van der Waals surface area (Å²) in [5, 5.41) is 41.3. The number of hydrogen-bond acceptors (Lipinski definition) is 6. The molecule has 0 aromatic heterocycles. The molecule has 0 radical (unpaired) electrons. The Bertz CT molecular complexity index is 765. The summed E-state index contributed by atoms with van der Waals surface area (Å²) in [6.45, 7) is 0. The maximum Gasteiger partial charge on any atom is 0.191 e. The van der Waals surface area contributed by atoms with E-state index >= 15 is 0 Å². The molecule has 0 saturated carbocycles. The van der Waals surface area contributed by atoms with E-state index in [0.29, 0.717) is 11.4 Å². The zero-order valence-corrected chi connectivity index (χ0v) is 13.5. The lowest BCUT2D eigenvalue weighted by atomic mass is 10.3. The fourth-order valence-corrected chi connectivity index (χ4v) is 2.10. The molecule has 0 aliphatic heterocycles. The summed E-state index contributed by atoms with van der Waals surface area (Å²) in [5.74, 6) is 0.683. The highest BCUT2D eigenvalue weighted by Crippen LogP contribution is 2.17. The Morgan fingerprint density at radius 1 is 0.538 bits per heavy atom. The van der Waals surface area contributed by atoms with Crippen LogP contribution < -0.4 is 20.1 Å². The Kier molecular flexibility index (Phi) is 5.20. The van der Waals surface area contributed by atoms with E-state index in [2.05, 4.69) is 0 Å². The van der Waals surface area contributed by atoms with Crippen molar-refractivity contribution in [1.29, 1.82) is 0 Å².